The van der Waals surface area contributed by atoms with E-state index in [9.17, 15) is 17.6 Å². The van der Waals surface area contributed by atoms with Gasteiger partial charge in [0.25, 0.3) is 0 Å². The molecule has 1 aliphatic heterocycles. The lowest BCUT2D eigenvalue weighted by atomic mass is 9.97. The minimum atomic E-state index is -4.52. The Balaban J connectivity index is 2.33. The van der Waals surface area contributed by atoms with Crippen LogP contribution < -0.4 is 10.1 Å². The highest BCUT2D eigenvalue weighted by molar-refractivity contribution is 5.37. The maximum absolute atomic E-state index is 13.4. The SMILES string of the molecule is C=C(C)C[C@H](c1ccccc1OC(F)(F)C(F)F)N1CCNCC1. The Bertz CT molecular complexity index is 559. The van der Waals surface area contributed by atoms with Gasteiger partial charge in [0.15, 0.2) is 0 Å². The summed E-state index contributed by atoms with van der Waals surface area (Å²) in [7, 11) is 0. The van der Waals surface area contributed by atoms with Gasteiger partial charge in [0.05, 0.1) is 0 Å². The molecular weight excluding hydrogens is 324 g/mol. The van der Waals surface area contributed by atoms with Crippen molar-refractivity contribution in [3.8, 4) is 5.75 Å². The first kappa shape index (κ1) is 18.7. The molecule has 0 aromatic heterocycles. The van der Waals surface area contributed by atoms with Crippen LogP contribution in [0.4, 0.5) is 17.6 Å². The maximum atomic E-state index is 13.4. The van der Waals surface area contributed by atoms with Gasteiger partial charge in [-0.05, 0) is 19.4 Å². The summed E-state index contributed by atoms with van der Waals surface area (Å²) in [5.74, 6) is -0.215. The van der Waals surface area contributed by atoms with Crippen molar-refractivity contribution in [2.75, 3.05) is 26.2 Å². The predicted octanol–water partition coefficient (Wildman–Crippen LogP) is 3.84. The number of para-hydroxylation sites is 1. The van der Waals surface area contributed by atoms with Crippen molar-refractivity contribution in [3.05, 3.63) is 42.0 Å². The first-order valence-electron chi connectivity index (χ1n) is 7.84. The minimum Gasteiger partial charge on any atom is -0.428 e. The zero-order valence-electron chi connectivity index (χ0n) is 13.6. The number of nitrogens with one attached hydrogen (secondary N) is 1. The number of piperazine rings is 1. The van der Waals surface area contributed by atoms with Gasteiger partial charge in [0, 0.05) is 37.8 Å². The summed E-state index contributed by atoms with van der Waals surface area (Å²) in [5, 5.41) is 3.23. The Kier molecular flexibility index (Phi) is 6.23. The molecule has 0 saturated carbocycles. The van der Waals surface area contributed by atoms with E-state index in [1.807, 2.05) is 6.92 Å². The summed E-state index contributed by atoms with van der Waals surface area (Å²) in [6.07, 6.45) is -7.86. The second-order valence-corrected chi connectivity index (χ2v) is 5.97. The average Bonchev–Trinajstić information content (AvgIpc) is 2.53. The number of halogens is 4. The van der Waals surface area contributed by atoms with E-state index in [0.29, 0.717) is 12.0 Å². The molecule has 7 heteroatoms. The number of nitrogens with zero attached hydrogens (tertiary/aromatic N) is 1. The van der Waals surface area contributed by atoms with E-state index in [1.54, 1.807) is 12.1 Å². The maximum Gasteiger partial charge on any atom is 0.461 e. The molecule has 3 nitrogen and oxygen atoms in total. The highest BCUT2D eigenvalue weighted by Crippen LogP contribution is 2.37. The molecular formula is C17H22F4N2O. The van der Waals surface area contributed by atoms with E-state index >= 15 is 0 Å². The molecule has 1 atom stereocenters. The van der Waals surface area contributed by atoms with Crippen molar-refractivity contribution < 1.29 is 22.3 Å². The van der Waals surface area contributed by atoms with Crippen LogP contribution in [-0.2, 0) is 0 Å². The van der Waals surface area contributed by atoms with Crippen LogP contribution in [0.2, 0.25) is 0 Å². The molecule has 1 aliphatic rings. The lowest BCUT2D eigenvalue weighted by molar-refractivity contribution is -0.253. The number of rotatable bonds is 7. The summed E-state index contributed by atoms with van der Waals surface area (Å²) < 4.78 is 56.1. The molecule has 0 spiro atoms. The van der Waals surface area contributed by atoms with Crippen LogP contribution in [0.3, 0.4) is 0 Å². The van der Waals surface area contributed by atoms with Gasteiger partial charge in [-0.15, -0.1) is 6.58 Å². The van der Waals surface area contributed by atoms with Crippen molar-refractivity contribution in [2.45, 2.75) is 31.9 Å². The molecule has 1 fully saturated rings. The van der Waals surface area contributed by atoms with Gasteiger partial charge >= 0.3 is 12.5 Å². The van der Waals surface area contributed by atoms with Crippen LogP contribution in [0.15, 0.2) is 36.4 Å². The molecule has 134 valence electrons. The molecule has 0 amide bonds. The Morgan fingerprint density at radius 2 is 1.92 bits per heavy atom. The summed E-state index contributed by atoms with van der Waals surface area (Å²) in [5.41, 5.74) is 1.36. The lowest BCUT2D eigenvalue weighted by Crippen LogP contribution is -2.45. The molecule has 1 aromatic carbocycles. The Labute approximate surface area is 139 Å². The third kappa shape index (κ3) is 4.70. The number of hydrogen-bond acceptors (Lipinski definition) is 3. The predicted molar refractivity (Wildman–Crippen MR) is 84.6 cm³/mol. The molecule has 1 heterocycles. The van der Waals surface area contributed by atoms with Gasteiger partial charge in [0.1, 0.15) is 5.75 Å². The van der Waals surface area contributed by atoms with Crippen LogP contribution in [0, 0.1) is 0 Å². The van der Waals surface area contributed by atoms with Crippen LogP contribution in [0.25, 0.3) is 0 Å². The van der Waals surface area contributed by atoms with Gasteiger partial charge in [-0.1, -0.05) is 23.8 Å². The fourth-order valence-corrected chi connectivity index (χ4v) is 2.80. The smallest absolute Gasteiger partial charge is 0.428 e. The number of benzene rings is 1. The highest BCUT2D eigenvalue weighted by atomic mass is 19.3. The summed E-state index contributed by atoms with van der Waals surface area (Å²) in [6.45, 7) is 8.78. The Morgan fingerprint density at radius 3 is 2.50 bits per heavy atom. The van der Waals surface area contributed by atoms with E-state index in [1.165, 1.54) is 12.1 Å². The number of hydrogen-bond donors (Lipinski definition) is 1. The first-order chi connectivity index (χ1) is 11.3. The molecule has 24 heavy (non-hydrogen) atoms. The number of alkyl halides is 4. The van der Waals surface area contributed by atoms with E-state index in [4.69, 9.17) is 0 Å². The monoisotopic (exact) mass is 346 g/mol. The van der Waals surface area contributed by atoms with Crippen molar-refractivity contribution in [2.24, 2.45) is 0 Å². The van der Waals surface area contributed by atoms with E-state index in [-0.39, 0.29) is 11.8 Å². The van der Waals surface area contributed by atoms with Gasteiger partial charge in [-0.25, -0.2) is 0 Å². The largest absolute Gasteiger partial charge is 0.461 e. The minimum absolute atomic E-state index is 0.215. The van der Waals surface area contributed by atoms with Gasteiger partial charge in [-0.2, -0.15) is 17.6 Å². The van der Waals surface area contributed by atoms with Crippen molar-refractivity contribution in [3.63, 3.8) is 0 Å². The number of ether oxygens (including phenoxy) is 1. The topological polar surface area (TPSA) is 24.5 Å². The van der Waals surface area contributed by atoms with Crippen LogP contribution in [0.1, 0.15) is 24.9 Å². The molecule has 2 rings (SSSR count). The summed E-state index contributed by atoms with van der Waals surface area (Å²) in [4.78, 5) is 2.13. The standard InChI is InChI=1S/C17H22F4N2O/c1-12(2)11-14(23-9-7-22-8-10-23)13-5-3-4-6-15(13)24-17(20,21)16(18)19/h3-6,14,16,22H,1,7-11H2,2H3/t14-/m1/s1. The Hall–Kier alpha value is -1.60. The molecule has 1 saturated heterocycles. The van der Waals surface area contributed by atoms with Crippen molar-refractivity contribution >= 4 is 0 Å². The third-order valence-corrected chi connectivity index (χ3v) is 3.91. The van der Waals surface area contributed by atoms with E-state index in [0.717, 1.165) is 31.8 Å². The van der Waals surface area contributed by atoms with Crippen LogP contribution >= 0.6 is 0 Å². The molecule has 0 bridgehead atoms. The van der Waals surface area contributed by atoms with Crippen LogP contribution in [0.5, 0.6) is 5.75 Å². The fraction of sp³-hybridized carbons (Fsp3) is 0.529. The second kappa shape index (κ2) is 7.98. The normalized spacial score (nSPS) is 17.8. The highest BCUT2D eigenvalue weighted by Gasteiger charge is 2.44. The quantitative estimate of drug-likeness (QED) is 0.600. The zero-order chi connectivity index (χ0) is 17.7. The van der Waals surface area contributed by atoms with Crippen molar-refractivity contribution in [1.82, 2.24) is 10.2 Å². The molecule has 1 aromatic rings. The first-order valence-corrected chi connectivity index (χ1v) is 7.84. The van der Waals surface area contributed by atoms with Crippen LogP contribution in [-0.4, -0.2) is 43.6 Å². The molecule has 0 unspecified atom stereocenters. The average molecular weight is 346 g/mol. The van der Waals surface area contributed by atoms with E-state index in [2.05, 4.69) is 21.5 Å². The Morgan fingerprint density at radius 1 is 1.29 bits per heavy atom. The molecule has 0 aliphatic carbocycles. The molecule has 1 N–H and O–H groups in total. The second-order valence-electron chi connectivity index (χ2n) is 5.97. The zero-order valence-corrected chi connectivity index (χ0v) is 13.6. The lowest BCUT2D eigenvalue weighted by Gasteiger charge is -2.36. The van der Waals surface area contributed by atoms with E-state index < -0.39 is 12.5 Å². The van der Waals surface area contributed by atoms with Gasteiger partial charge in [0.2, 0.25) is 0 Å². The summed E-state index contributed by atoms with van der Waals surface area (Å²) in [6, 6.07) is 5.90. The van der Waals surface area contributed by atoms with Gasteiger partial charge < -0.3 is 10.1 Å². The summed E-state index contributed by atoms with van der Waals surface area (Å²) >= 11 is 0. The third-order valence-electron chi connectivity index (χ3n) is 3.91. The van der Waals surface area contributed by atoms with Gasteiger partial charge in [-0.3, -0.25) is 4.90 Å². The molecule has 0 radical (unpaired) electrons. The fourth-order valence-electron chi connectivity index (χ4n) is 2.80. The van der Waals surface area contributed by atoms with Crippen molar-refractivity contribution in [1.29, 1.82) is 0 Å².